The number of benzene rings is 1. The highest BCUT2D eigenvalue weighted by Crippen LogP contribution is 2.22. The molecule has 0 fully saturated rings. The summed E-state index contributed by atoms with van der Waals surface area (Å²) in [6.45, 7) is 1.86. The van der Waals surface area contributed by atoms with E-state index < -0.39 is 0 Å². The first-order valence-corrected chi connectivity index (χ1v) is 5.18. The van der Waals surface area contributed by atoms with Crippen molar-refractivity contribution in [3.8, 4) is 0 Å². The van der Waals surface area contributed by atoms with Crippen molar-refractivity contribution in [2.75, 3.05) is 7.11 Å². The van der Waals surface area contributed by atoms with Gasteiger partial charge in [0.1, 0.15) is 6.29 Å². The Morgan fingerprint density at radius 1 is 1.53 bits per heavy atom. The van der Waals surface area contributed by atoms with Crippen LogP contribution in [0.1, 0.15) is 21.5 Å². The molecule has 80 valence electrons. The number of esters is 1. The lowest BCUT2D eigenvalue weighted by molar-refractivity contribution is -0.139. The lowest BCUT2D eigenvalue weighted by Gasteiger charge is -2.08. The van der Waals surface area contributed by atoms with Crippen LogP contribution in [-0.4, -0.2) is 19.4 Å². The molecule has 0 amide bonds. The predicted molar refractivity (Wildman–Crippen MR) is 60.0 cm³/mol. The third-order valence-electron chi connectivity index (χ3n) is 2.13. The van der Waals surface area contributed by atoms with Crippen LogP contribution in [0, 0.1) is 6.92 Å². The van der Waals surface area contributed by atoms with Crippen LogP contribution in [-0.2, 0) is 16.0 Å². The number of hydrogen-bond donors (Lipinski definition) is 0. The van der Waals surface area contributed by atoms with Crippen LogP contribution in [0.4, 0.5) is 0 Å². The number of hydrogen-bond acceptors (Lipinski definition) is 3. The maximum absolute atomic E-state index is 11.1. The summed E-state index contributed by atoms with van der Waals surface area (Å²) in [6, 6.07) is 3.44. The van der Waals surface area contributed by atoms with Crippen molar-refractivity contribution in [3.05, 3.63) is 33.3 Å². The second-order valence-corrected chi connectivity index (χ2v) is 4.02. The quantitative estimate of drug-likeness (QED) is 0.625. The van der Waals surface area contributed by atoms with Gasteiger partial charge in [0, 0.05) is 10.0 Å². The van der Waals surface area contributed by atoms with E-state index in [1.54, 1.807) is 12.1 Å². The Hall–Kier alpha value is -1.16. The van der Waals surface area contributed by atoms with Gasteiger partial charge < -0.3 is 4.74 Å². The van der Waals surface area contributed by atoms with E-state index in [1.807, 2.05) is 6.92 Å². The van der Waals surface area contributed by atoms with Crippen LogP contribution < -0.4 is 0 Å². The fourth-order valence-corrected chi connectivity index (χ4v) is 2.03. The first kappa shape index (κ1) is 11.9. The van der Waals surface area contributed by atoms with Gasteiger partial charge in [-0.1, -0.05) is 15.9 Å². The molecule has 1 aromatic rings. The van der Waals surface area contributed by atoms with Gasteiger partial charge in [0.05, 0.1) is 13.5 Å². The van der Waals surface area contributed by atoms with Gasteiger partial charge in [-0.25, -0.2) is 0 Å². The summed E-state index contributed by atoms with van der Waals surface area (Å²) in [5, 5.41) is 0. The Balaban J connectivity index is 3.08. The molecule has 3 nitrogen and oxygen atoms in total. The molecule has 0 aromatic heterocycles. The van der Waals surface area contributed by atoms with Gasteiger partial charge >= 0.3 is 5.97 Å². The van der Waals surface area contributed by atoms with E-state index in [0.717, 1.165) is 21.9 Å². The van der Waals surface area contributed by atoms with Crippen LogP contribution in [0.15, 0.2) is 16.6 Å². The number of aldehydes is 1. The summed E-state index contributed by atoms with van der Waals surface area (Å²) in [6.07, 6.45) is 0.988. The number of carbonyl (C=O) groups excluding carboxylic acids is 2. The molecule has 0 aliphatic heterocycles. The number of methoxy groups -OCH3 is 1. The van der Waals surface area contributed by atoms with Crippen LogP contribution >= 0.6 is 15.9 Å². The van der Waals surface area contributed by atoms with Crippen molar-refractivity contribution in [1.29, 1.82) is 0 Å². The van der Waals surface area contributed by atoms with Gasteiger partial charge in [0.2, 0.25) is 0 Å². The molecule has 0 bridgehead atoms. The monoisotopic (exact) mass is 270 g/mol. The molecule has 0 atom stereocenters. The largest absolute Gasteiger partial charge is 0.469 e. The van der Waals surface area contributed by atoms with Gasteiger partial charge in [0.25, 0.3) is 0 Å². The zero-order valence-electron chi connectivity index (χ0n) is 8.54. The fourth-order valence-electron chi connectivity index (χ4n) is 1.31. The first-order chi connectivity index (χ1) is 7.08. The summed E-state index contributed by atoms with van der Waals surface area (Å²) >= 11 is 3.33. The molecule has 0 heterocycles. The number of carbonyl (C=O) groups is 2. The van der Waals surface area contributed by atoms with E-state index in [1.165, 1.54) is 7.11 Å². The summed E-state index contributed by atoms with van der Waals surface area (Å²) in [5.41, 5.74) is 2.34. The molecule has 0 aliphatic rings. The molecule has 1 rings (SSSR count). The highest BCUT2D eigenvalue weighted by Gasteiger charge is 2.10. The van der Waals surface area contributed by atoms with Gasteiger partial charge in [-0.05, 0) is 30.2 Å². The zero-order chi connectivity index (χ0) is 11.4. The number of aryl methyl sites for hydroxylation is 1. The van der Waals surface area contributed by atoms with E-state index in [-0.39, 0.29) is 12.4 Å². The van der Waals surface area contributed by atoms with Gasteiger partial charge in [0.15, 0.2) is 0 Å². The highest BCUT2D eigenvalue weighted by molar-refractivity contribution is 9.10. The smallest absolute Gasteiger partial charge is 0.310 e. The Bertz CT molecular complexity index is 376. The molecule has 0 unspecified atom stereocenters. The van der Waals surface area contributed by atoms with E-state index in [0.29, 0.717) is 5.56 Å². The van der Waals surface area contributed by atoms with Crippen molar-refractivity contribution >= 4 is 28.2 Å². The molecule has 0 spiro atoms. The number of halogens is 1. The van der Waals surface area contributed by atoms with Crippen molar-refractivity contribution in [1.82, 2.24) is 0 Å². The second kappa shape index (κ2) is 5.07. The molecule has 0 aliphatic carbocycles. The maximum atomic E-state index is 11.1. The van der Waals surface area contributed by atoms with Gasteiger partial charge in [-0.15, -0.1) is 0 Å². The summed E-state index contributed by atoms with van der Waals surface area (Å²) in [4.78, 5) is 21.7. The molecule has 4 heteroatoms. The Morgan fingerprint density at radius 2 is 2.20 bits per heavy atom. The normalized spacial score (nSPS) is 9.80. The van der Waals surface area contributed by atoms with E-state index in [4.69, 9.17) is 0 Å². The molecular formula is C11H11BrO3. The number of rotatable bonds is 3. The topological polar surface area (TPSA) is 43.4 Å². The lowest BCUT2D eigenvalue weighted by Crippen LogP contribution is -2.07. The third-order valence-corrected chi connectivity index (χ3v) is 2.83. The average molecular weight is 271 g/mol. The molecule has 15 heavy (non-hydrogen) atoms. The Labute approximate surface area is 96.6 Å². The summed E-state index contributed by atoms with van der Waals surface area (Å²) in [5.74, 6) is -0.294. The van der Waals surface area contributed by atoms with Crippen molar-refractivity contribution in [3.63, 3.8) is 0 Å². The van der Waals surface area contributed by atoms with Crippen molar-refractivity contribution < 1.29 is 14.3 Å². The standard InChI is InChI=1S/C11H11BrO3/c1-7-3-8(6-13)4-10(12)9(7)5-11(14)15-2/h3-4,6H,5H2,1-2H3. The molecule has 0 N–H and O–H groups in total. The minimum atomic E-state index is -0.294. The van der Waals surface area contributed by atoms with Crippen molar-refractivity contribution in [2.45, 2.75) is 13.3 Å². The molecule has 0 radical (unpaired) electrons. The summed E-state index contributed by atoms with van der Waals surface area (Å²) < 4.78 is 5.35. The highest BCUT2D eigenvalue weighted by atomic mass is 79.9. The number of ether oxygens (including phenoxy) is 1. The minimum absolute atomic E-state index is 0.210. The first-order valence-electron chi connectivity index (χ1n) is 4.39. The average Bonchev–Trinajstić information content (AvgIpc) is 2.22. The van der Waals surface area contributed by atoms with E-state index in [2.05, 4.69) is 20.7 Å². The second-order valence-electron chi connectivity index (χ2n) is 3.17. The van der Waals surface area contributed by atoms with E-state index in [9.17, 15) is 9.59 Å². The van der Waals surface area contributed by atoms with Crippen LogP contribution in [0.2, 0.25) is 0 Å². The van der Waals surface area contributed by atoms with Gasteiger partial charge in [-0.2, -0.15) is 0 Å². The Kier molecular flexibility index (Phi) is 4.03. The predicted octanol–water partition coefficient (Wildman–Crippen LogP) is 2.29. The SMILES string of the molecule is COC(=O)Cc1c(C)cc(C=O)cc1Br. The van der Waals surface area contributed by atoms with Crippen LogP contribution in [0.25, 0.3) is 0 Å². The fraction of sp³-hybridized carbons (Fsp3) is 0.273. The van der Waals surface area contributed by atoms with E-state index >= 15 is 0 Å². The maximum Gasteiger partial charge on any atom is 0.310 e. The van der Waals surface area contributed by atoms with Crippen LogP contribution in [0.5, 0.6) is 0 Å². The van der Waals surface area contributed by atoms with Crippen molar-refractivity contribution in [2.24, 2.45) is 0 Å². The molecular weight excluding hydrogens is 260 g/mol. The molecule has 0 saturated heterocycles. The minimum Gasteiger partial charge on any atom is -0.469 e. The molecule has 1 aromatic carbocycles. The molecule has 0 saturated carbocycles. The Morgan fingerprint density at radius 3 is 2.67 bits per heavy atom. The third kappa shape index (κ3) is 2.89. The van der Waals surface area contributed by atoms with Gasteiger partial charge in [-0.3, -0.25) is 9.59 Å². The zero-order valence-corrected chi connectivity index (χ0v) is 10.1. The summed E-state index contributed by atoms with van der Waals surface area (Å²) in [7, 11) is 1.35. The van der Waals surface area contributed by atoms with Crippen LogP contribution in [0.3, 0.4) is 0 Å². The lowest BCUT2D eigenvalue weighted by atomic mass is 10.0.